The normalized spacial score (nSPS) is 14.8. The van der Waals surface area contributed by atoms with Crippen molar-refractivity contribution < 1.29 is 18.7 Å². The molecule has 206 valence electrons. The summed E-state index contributed by atoms with van der Waals surface area (Å²) in [5, 5.41) is 0.482. The van der Waals surface area contributed by atoms with Crippen LogP contribution in [0.5, 0.6) is 0 Å². The summed E-state index contributed by atoms with van der Waals surface area (Å²) in [5.41, 5.74) is 3.08. The van der Waals surface area contributed by atoms with Gasteiger partial charge in [-0.25, -0.2) is 0 Å². The molecule has 2 heterocycles. The molecule has 0 N–H and O–H groups in total. The van der Waals surface area contributed by atoms with Gasteiger partial charge in [0.1, 0.15) is 12.1 Å². The highest BCUT2D eigenvalue weighted by Crippen LogP contribution is 2.19. The first-order valence-electron chi connectivity index (χ1n) is 13.4. The number of hydrogen-bond donors (Lipinski definition) is 0. The third-order valence-electron chi connectivity index (χ3n) is 7.08. The van der Waals surface area contributed by atoms with Crippen LogP contribution in [-0.2, 0) is 22.6 Å². The van der Waals surface area contributed by atoms with Gasteiger partial charge in [-0.3, -0.25) is 14.4 Å². The summed E-state index contributed by atoms with van der Waals surface area (Å²) in [4.78, 5) is 44.0. The van der Waals surface area contributed by atoms with Gasteiger partial charge >= 0.3 is 0 Å². The quantitative estimate of drug-likeness (QED) is 0.245. The van der Waals surface area contributed by atoms with Gasteiger partial charge in [0, 0.05) is 29.7 Å². The fraction of sp³-hybridized carbons (Fsp3) is 0.281. The third-order valence-corrected chi connectivity index (χ3v) is 7.61. The zero-order valence-corrected chi connectivity index (χ0v) is 23.9. The van der Waals surface area contributed by atoms with E-state index in [1.165, 1.54) is 6.26 Å². The molecule has 1 aromatic heterocycles. The third kappa shape index (κ3) is 6.69. The molecule has 0 saturated carbocycles. The monoisotopic (exact) mass is 602 g/mol. The van der Waals surface area contributed by atoms with E-state index >= 15 is 0 Å². The maximum absolute atomic E-state index is 13.9. The lowest BCUT2D eigenvalue weighted by Crippen LogP contribution is -2.45. The van der Waals surface area contributed by atoms with Gasteiger partial charge in [0.2, 0.25) is 5.91 Å². The van der Waals surface area contributed by atoms with E-state index in [1.54, 1.807) is 34.1 Å². The van der Waals surface area contributed by atoms with E-state index in [-0.39, 0.29) is 43.0 Å². The van der Waals surface area contributed by atoms with Crippen molar-refractivity contribution in [3.05, 3.63) is 116 Å². The van der Waals surface area contributed by atoms with Crippen LogP contribution in [0.1, 0.15) is 39.9 Å². The summed E-state index contributed by atoms with van der Waals surface area (Å²) in [6.45, 7) is 3.08. The van der Waals surface area contributed by atoms with E-state index in [9.17, 15) is 14.4 Å². The zero-order valence-electron chi connectivity index (χ0n) is 22.3. The van der Waals surface area contributed by atoms with Crippen LogP contribution in [0.3, 0.4) is 0 Å². The Labute approximate surface area is 241 Å². The summed E-state index contributed by atoms with van der Waals surface area (Å²) >= 11 is 3.41. The van der Waals surface area contributed by atoms with Crippen LogP contribution in [0.4, 0.5) is 0 Å². The fourth-order valence-corrected chi connectivity index (χ4v) is 5.19. The Balaban J connectivity index is 1.44. The molecule has 1 saturated heterocycles. The minimum atomic E-state index is -0.268. The second-order valence-electron chi connectivity index (χ2n) is 10.2. The molecule has 1 fully saturated rings. The summed E-state index contributed by atoms with van der Waals surface area (Å²) < 4.78 is 12.4. The highest BCUT2D eigenvalue weighted by Gasteiger charge is 2.28. The molecule has 3 aromatic carbocycles. The Kier molecular flexibility index (Phi) is 8.77. The summed E-state index contributed by atoms with van der Waals surface area (Å²) in [7, 11) is 0. The van der Waals surface area contributed by atoms with Crippen molar-refractivity contribution in [1.29, 1.82) is 0 Å². The van der Waals surface area contributed by atoms with E-state index in [0.717, 1.165) is 28.4 Å². The minimum Gasteiger partial charge on any atom is -0.464 e. The lowest BCUT2D eigenvalue weighted by molar-refractivity contribution is -0.133. The van der Waals surface area contributed by atoms with Crippen LogP contribution >= 0.6 is 15.9 Å². The predicted molar refractivity (Wildman–Crippen MR) is 157 cm³/mol. The van der Waals surface area contributed by atoms with Crippen LogP contribution in [0.15, 0.2) is 92.7 Å². The van der Waals surface area contributed by atoms with Crippen molar-refractivity contribution in [2.24, 2.45) is 0 Å². The summed E-state index contributed by atoms with van der Waals surface area (Å²) in [6.07, 6.45) is 3.08. The van der Waals surface area contributed by atoms with Gasteiger partial charge in [0.05, 0.1) is 29.9 Å². The number of ether oxygens (including phenoxy) is 1. The Morgan fingerprint density at radius 3 is 2.48 bits per heavy atom. The fourth-order valence-electron chi connectivity index (χ4n) is 4.93. The van der Waals surface area contributed by atoms with Gasteiger partial charge in [-0.05, 0) is 61.7 Å². The van der Waals surface area contributed by atoms with Gasteiger partial charge in [0.25, 0.3) is 5.91 Å². The molecule has 7 nitrogen and oxygen atoms in total. The zero-order chi connectivity index (χ0) is 28.1. The van der Waals surface area contributed by atoms with E-state index < -0.39 is 0 Å². The summed E-state index contributed by atoms with van der Waals surface area (Å²) in [5.74, 6) is -0.507. The van der Waals surface area contributed by atoms with Gasteiger partial charge in [-0.15, -0.1) is 0 Å². The number of benzene rings is 3. The number of carbonyl (C=O) groups is 2. The first-order valence-corrected chi connectivity index (χ1v) is 14.2. The van der Waals surface area contributed by atoms with Crippen molar-refractivity contribution in [2.75, 3.05) is 19.7 Å². The molecule has 8 heteroatoms. The molecule has 1 aliphatic rings. The average Bonchev–Trinajstić information content (AvgIpc) is 3.48. The van der Waals surface area contributed by atoms with Crippen molar-refractivity contribution >= 4 is 38.7 Å². The SMILES string of the molecule is Cc1ccc2occ(CN(Cc3ccccc3)C(=O)CN(CC3CCCO3)C(=O)c3ccc(Br)cc3)c(=O)c2c1. The van der Waals surface area contributed by atoms with E-state index in [4.69, 9.17) is 9.15 Å². The molecule has 0 bridgehead atoms. The van der Waals surface area contributed by atoms with E-state index in [2.05, 4.69) is 15.9 Å². The number of halogens is 1. The number of nitrogens with zero attached hydrogens (tertiary/aromatic N) is 2. The lowest BCUT2D eigenvalue weighted by atomic mass is 10.1. The predicted octanol–water partition coefficient (Wildman–Crippen LogP) is 5.71. The second kappa shape index (κ2) is 12.6. The topological polar surface area (TPSA) is 80.1 Å². The molecular weight excluding hydrogens is 572 g/mol. The molecule has 5 rings (SSSR count). The smallest absolute Gasteiger partial charge is 0.254 e. The van der Waals surface area contributed by atoms with Crippen molar-refractivity contribution in [3.8, 4) is 0 Å². The Hall–Kier alpha value is -3.75. The first-order chi connectivity index (χ1) is 19.4. The largest absolute Gasteiger partial charge is 0.464 e. The molecular formula is C32H31BrN2O5. The molecule has 0 aliphatic carbocycles. The van der Waals surface area contributed by atoms with Crippen LogP contribution < -0.4 is 5.43 Å². The highest BCUT2D eigenvalue weighted by molar-refractivity contribution is 9.10. The number of aryl methyl sites for hydroxylation is 1. The molecule has 0 spiro atoms. The molecule has 0 radical (unpaired) electrons. The van der Waals surface area contributed by atoms with Gasteiger partial charge in [-0.1, -0.05) is 57.9 Å². The van der Waals surface area contributed by atoms with Crippen LogP contribution in [0.2, 0.25) is 0 Å². The number of amides is 2. The molecule has 4 aromatic rings. The first kappa shape index (κ1) is 27.8. The maximum Gasteiger partial charge on any atom is 0.254 e. The number of fused-ring (bicyclic) bond motifs is 1. The van der Waals surface area contributed by atoms with Crippen LogP contribution in [-0.4, -0.2) is 47.4 Å². The van der Waals surface area contributed by atoms with Crippen molar-refractivity contribution in [2.45, 2.75) is 39.0 Å². The van der Waals surface area contributed by atoms with Crippen molar-refractivity contribution in [1.82, 2.24) is 9.80 Å². The van der Waals surface area contributed by atoms with Gasteiger partial charge in [0.15, 0.2) is 5.43 Å². The van der Waals surface area contributed by atoms with Crippen LogP contribution in [0.25, 0.3) is 11.0 Å². The summed E-state index contributed by atoms with van der Waals surface area (Å²) in [6, 6.07) is 22.2. The molecule has 1 atom stereocenters. The number of rotatable bonds is 9. The minimum absolute atomic E-state index is 0.0557. The molecule has 2 amide bonds. The van der Waals surface area contributed by atoms with Gasteiger partial charge < -0.3 is 19.0 Å². The molecule has 1 aliphatic heterocycles. The van der Waals surface area contributed by atoms with Crippen molar-refractivity contribution in [3.63, 3.8) is 0 Å². The lowest BCUT2D eigenvalue weighted by Gasteiger charge is -2.29. The van der Waals surface area contributed by atoms with E-state index in [1.807, 2.05) is 55.5 Å². The maximum atomic E-state index is 13.9. The van der Waals surface area contributed by atoms with Crippen LogP contribution in [0, 0.1) is 6.92 Å². The highest BCUT2D eigenvalue weighted by atomic mass is 79.9. The number of hydrogen-bond acceptors (Lipinski definition) is 5. The van der Waals surface area contributed by atoms with E-state index in [0.29, 0.717) is 35.2 Å². The molecule has 40 heavy (non-hydrogen) atoms. The average molecular weight is 604 g/mol. The Morgan fingerprint density at radius 2 is 1.75 bits per heavy atom. The standard InChI is InChI=1S/C32H31BrN2O5/c1-22-9-14-29-28(16-22)31(37)25(21-40-29)18-34(17-23-6-3-2-4-7-23)30(36)20-35(19-27-8-5-15-39-27)32(38)24-10-12-26(33)13-11-24/h2-4,6-7,9-14,16,21,27H,5,8,15,17-20H2,1H3. The number of carbonyl (C=O) groups excluding carboxylic acids is 2. The Morgan fingerprint density at radius 1 is 0.975 bits per heavy atom. The second-order valence-corrected chi connectivity index (χ2v) is 11.1. The Bertz CT molecular complexity index is 1550. The van der Waals surface area contributed by atoms with Gasteiger partial charge in [-0.2, -0.15) is 0 Å². The molecule has 1 unspecified atom stereocenters.